The van der Waals surface area contributed by atoms with E-state index in [-0.39, 0.29) is 0 Å². The fraction of sp³-hybridized carbons (Fsp3) is 0.300. The molecule has 0 radical (unpaired) electrons. The summed E-state index contributed by atoms with van der Waals surface area (Å²) in [6.07, 6.45) is 9.16. The predicted octanol–water partition coefficient (Wildman–Crippen LogP) is 4.45. The van der Waals surface area contributed by atoms with Crippen LogP contribution in [0.5, 0.6) is 0 Å². The number of hydrogen-bond donors (Lipinski definition) is 1. The number of nitrogens with one attached hydrogen (secondary N) is 1. The van der Waals surface area contributed by atoms with Crippen LogP contribution in [0, 0.1) is 0 Å². The summed E-state index contributed by atoms with van der Waals surface area (Å²) in [7, 11) is 0. The maximum absolute atomic E-state index is 4.12. The van der Waals surface area contributed by atoms with Crippen molar-refractivity contribution in [1.29, 1.82) is 0 Å². The van der Waals surface area contributed by atoms with Crippen molar-refractivity contribution < 1.29 is 0 Å². The number of thiazole rings is 1. The van der Waals surface area contributed by atoms with Gasteiger partial charge >= 0.3 is 0 Å². The van der Waals surface area contributed by atoms with Gasteiger partial charge in [-0.3, -0.25) is 0 Å². The van der Waals surface area contributed by atoms with Gasteiger partial charge in [0.25, 0.3) is 0 Å². The monoisotopic (exact) mass is 304 g/mol. The van der Waals surface area contributed by atoms with E-state index in [0.717, 1.165) is 21.8 Å². The maximum atomic E-state index is 4.12. The number of aromatic nitrogens is 1. The van der Waals surface area contributed by atoms with E-state index in [4.69, 9.17) is 0 Å². The molecule has 1 N–H and O–H groups in total. The van der Waals surface area contributed by atoms with E-state index in [9.17, 15) is 0 Å². The molecule has 5 heteroatoms. The average molecular weight is 305 g/mol. The van der Waals surface area contributed by atoms with E-state index in [1.165, 1.54) is 0 Å². The van der Waals surface area contributed by atoms with Gasteiger partial charge in [0.15, 0.2) is 5.13 Å². The first-order valence-electron chi connectivity index (χ1n) is 4.62. The van der Waals surface area contributed by atoms with Gasteiger partial charge in [-0.1, -0.05) is 41.1 Å². The van der Waals surface area contributed by atoms with E-state index in [1.54, 1.807) is 29.5 Å². The smallest absolute Gasteiger partial charge is 0.192 e. The van der Waals surface area contributed by atoms with Gasteiger partial charge in [-0.2, -0.15) is 0 Å². The molecule has 1 heterocycles. The molecule has 15 heavy (non-hydrogen) atoms. The topological polar surface area (TPSA) is 24.9 Å². The lowest BCUT2D eigenvalue weighted by molar-refractivity contribution is 1.22. The van der Waals surface area contributed by atoms with E-state index < -0.39 is 0 Å². The van der Waals surface area contributed by atoms with Crippen molar-refractivity contribution in [2.45, 2.75) is 13.3 Å². The highest BCUT2D eigenvalue weighted by molar-refractivity contribution is 9.11. The van der Waals surface area contributed by atoms with Crippen LogP contribution in [0.3, 0.4) is 0 Å². The molecule has 0 aliphatic carbocycles. The van der Waals surface area contributed by atoms with Gasteiger partial charge in [0.05, 0.1) is 0 Å². The first kappa shape index (κ1) is 12.8. The number of nitrogens with zero attached hydrogens (tertiary/aromatic N) is 1. The second kappa shape index (κ2) is 7.96. The molecule has 0 amide bonds. The number of rotatable bonds is 6. The highest BCUT2D eigenvalue weighted by Gasteiger charge is 1.91. The molecular formula is C10H13BrN2S2. The van der Waals surface area contributed by atoms with E-state index in [1.807, 2.05) is 5.38 Å². The first-order chi connectivity index (χ1) is 7.33. The van der Waals surface area contributed by atoms with Crippen LogP contribution < -0.4 is 4.72 Å². The molecule has 0 aromatic carbocycles. The Kier molecular flexibility index (Phi) is 6.80. The number of halogens is 1. The Morgan fingerprint density at radius 2 is 2.60 bits per heavy atom. The minimum Gasteiger partial charge on any atom is -0.305 e. The summed E-state index contributed by atoms with van der Waals surface area (Å²) >= 11 is 6.70. The summed E-state index contributed by atoms with van der Waals surface area (Å²) in [6.45, 7) is 2.12. The summed E-state index contributed by atoms with van der Waals surface area (Å²) in [5, 5.41) is 2.91. The molecule has 0 aliphatic heterocycles. The molecule has 0 saturated carbocycles. The Morgan fingerprint density at radius 1 is 1.73 bits per heavy atom. The van der Waals surface area contributed by atoms with Gasteiger partial charge in [0, 0.05) is 21.8 Å². The van der Waals surface area contributed by atoms with Crippen LogP contribution in [-0.2, 0) is 0 Å². The third-order valence-corrected chi connectivity index (χ3v) is 3.55. The minimum absolute atomic E-state index is 0.923. The zero-order valence-corrected chi connectivity index (χ0v) is 11.7. The quantitative estimate of drug-likeness (QED) is 0.477. The second-order valence-electron chi connectivity index (χ2n) is 2.65. The zero-order chi connectivity index (χ0) is 10.9. The Hall–Kier alpha value is -0.260. The van der Waals surface area contributed by atoms with Crippen LogP contribution in [0.2, 0.25) is 0 Å². The van der Waals surface area contributed by atoms with Crippen molar-refractivity contribution in [2.75, 3.05) is 10.5 Å². The Balaban J connectivity index is 2.14. The van der Waals surface area contributed by atoms with E-state index >= 15 is 0 Å². The predicted molar refractivity (Wildman–Crippen MR) is 74.6 cm³/mol. The van der Waals surface area contributed by atoms with E-state index in [2.05, 4.69) is 50.8 Å². The van der Waals surface area contributed by atoms with Crippen molar-refractivity contribution in [3.8, 4) is 0 Å². The van der Waals surface area contributed by atoms with Crippen LogP contribution in [0.25, 0.3) is 0 Å². The highest BCUT2D eigenvalue weighted by atomic mass is 79.9. The molecule has 82 valence electrons. The van der Waals surface area contributed by atoms with Gasteiger partial charge in [0.2, 0.25) is 0 Å². The number of anilines is 1. The lowest BCUT2D eigenvalue weighted by Gasteiger charge is -1.96. The molecule has 0 bridgehead atoms. The van der Waals surface area contributed by atoms with E-state index in [0.29, 0.717) is 0 Å². The largest absolute Gasteiger partial charge is 0.305 e. The van der Waals surface area contributed by atoms with Crippen LogP contribution in [0.1, 0.15) is 13.3 Å². The fourth-order valence-electron chi connectivity index (χ4n) is 0.849. The maximum Gasteiger partial charge on any atom is 0.192 e. The van der Waals surface area contributed by atoms with Crippen molar-refractivity contribution in [1.82, 2.24) is 4.98 Å². The molecular weight excluding hydrogens is 292 g/mol. The molecule has 0 unspecified atom stereocenters. The summed E-state index contributed by atoms with van der Waals surface area (Å²) in [5.41, 5.74) is 0. The van der Waals surface area contributed by atoms with Crippen LogP contribution in [0.15, 0.2) is 34.3 Å². The average Bonchev–Trinajstić information content (AvgIpc) is 2.70. The molecule has 0 saturated heterocycles. The summed E-state index contributed by atoms with van der Waals surface area (Å²) in [4.78, 5) is 4.12. The van der Waals surface area contributed by atoms with Crippen LogP contribution in [0.4, 0.5) is 5.13 Å². The zero-order valence-electron chi connectivity index (χ0n) is 8.44. The standard InChI is InChI=1S/C10H13BrN2S2/c1-2-4-9(11)5-3-7-15-13-10-12-6-8-14-10/h3-6,8H,2,7H2,1H3,(H,12,13)/b5-3-,9-4+. The van der Waals surface area contributed by atoms with Gasteiger partial charge in [0.1, 0.15) is 0 Å². The summed E-state index contributed by atoms with van der Waals surface area (Å²) in [5.74, 6) is 0.923. The lowest BCUT2D eigenvalue weighted by Crippen LogP contribution is -1.85. The Bertz CT molecular complexity index is 320. The van der Waals surface area contributed by atoms with Gasteiger partial charge < -0.3 is 4.72 Å². The number of allylic oxidation sites excluding steroid dienone is 3. The molecule has 1 rings (SSSR count). The van der Waals surface area contributed by atoms with Crippen LogP contribution >= 0.6 is 39.2 Å². The second-order valence-corrected chi connectivity index (χ2v) is 5.29. The Labute approximate surface area is 107 Å². The normalized spacial score (nSPS) is 12.3. The summed E-state index contributed by atoms with van der Waals surface area (Å²) < 4.78 is 4.31. The molecule has 0 spiro atoms. The van der Waals surface area contributed by atoms with Crippen molar-refractivity contribution in [2.24, 2.45) is 0 Å². The van der Waals surface area contributed by atoms with Crippen molar-refractivity contribution in [3.63, 3.8) is 0 Å². The van der Waals surface area contributed by atoms with Crippen molar-refractivity contribution in [3.05, 3.63) is 34.3 Å². The number of hydrogen-bond acceptors (Lipinski definition) is 4. The summed E-state index contributed by atoms with van der Waals surface area (Å²) in [6, 6.07) is 0. The minimum atomic E-state index is 0.923. The fourth-order valence-corrected chi connectivity index (χ4v) is 2.55. The Morgan fingerprint density at radius 3 is 3.27 bits per heavy atom. The van der Waals surface area contributed by atoms with Gasteiger partial charge in [-0.05, 0) is 18.4 Å². The van der Waals surface area contributed by atoms with Gasteiger partial charge in [-0.15, -0.1) is 11.3 Å². The lowest BCUT2D eigenvalue weighted by atomic mass is 10.4. The molecule has 1 aromatic rings. The molecule has 2 nitrogen and oxygen atoms in total. The third kappa shape index (κ3) is 6.02. The third-order valence-electron chi connectivity index (χ3n) is 1.45. The van der Waals surface area contributed by atoms with Crippen molar-refractivity contribution >= 4 is 44.3 Å². The molecule has 1 aromatic heterocycles. The first-order valence-corrected chi connectivity index (χ1v) is 7.28. The molecule has 0 fully saturated rings. The van der Waals surface area contributed by atoms with Gasteiger partial charge in [-0.25, -0.2) is 4.98 Å². The molecule has 0 aliphatic rings. The SMILES string of the molecule is CC/C=C(Br)\C=C/CSNc1nccs1. The van der Waals surface area contributed by atoms with Crippen LogP contribution in [-0.4, -0.2) is 10.7 Å². The highest BCUT2D eigenvalue weighted by Crippen LogP contribution is 2.15. The molecule has 0 atom stereocenters.